The number of nitrogens with one attached hydrogen (secondary N) is 2. The second-order valence-electron chi connectivity index (χ2n) is 6.96. The van der Waals surface area contributed by atoms with Crippen LogP contribution in [0.2, 0.25) is 0 Å². The fourth-order valence-electron chi connectivity index (χ4n) is 3.27. The molecule has 7 heteroatoms. The van der Waals surface area contributed by atoms with Crippen molar-refractivity contribution in [1.29, 1.82) is 0 Å². The van der Waals surface area contributed by atoms with Crippen molar-refractivity contribution in [2.75, 3.05) is 5.32 Å². The largest absolute Gasteiger partial charge is 0.425 e. The van der Waals surface area contributed by atoms with Gasteiger partial charge in [-0.25, -0.2) is 0 Å². The van der Waals surface area contributed by atoms with Gasteiger partial charge in [0.15, 0.2) is 0 Å². The maximum absolute atomic E-state index is 12.8. The molecule has 0 bridgehead atoms. The number of aryl methyl sites for hydroxylation is 2. The van der Waals surface area contributed by atoms with Crippen LogP contribution in [-0.4, -0.2) is 21.1 Å². The summed E-state index contributed by atoms with van der Waals surface area (Å²) in [6.45, 7) is 3.48. The first-order valence-corrected chi connectivity index (χ1v) is 9.28. The van der Waals surface area contributed by atoms with Crippen molar-refractivity contribution >= 4 is 22.5 Å². The Balaban J connectivity index is 1.57. The van der Waals surface area contributed by atoms with Gasteiger partial charge in [-0.1, -0.05) is 36.4 Å². The average Bonchev–Trinajstić information content (AvgIpc) is 3.14. The van der Waals surface area contributed by atoms with E-state index in [1.54, 1.807) is 19.9 Å². The number of hydrogen-bond acceptors (Lipinski definition) is 5. The molecule has 2 aromatic heterocycles. The van der Waals surface area contributed by atoms with Gasteiger partial charge in [0.1, 0.15) is 0 Å². The number of carbonyl (C=O) groups is 1. The molecule has 0 saturated heterocycles. The lowest BCUT2D eigenvalue weighted by molar-refractivity contribution is -0.116. The molecule has 0 aliphatic heterocycles. The third-order valence-electron chi connectivity index (χ3n) is 4.75. The number of benzene rings is 2. The molecule has 0 radical (unpaired) electrons. The number of fused-ring (bicyclic) bond motifs is 1. The monoisotopic (exact) mass is 388 g/mol. The molecule has 2 N–H and O–H groups in total. The summed E-state index contributed by atoms with van der Waals surface area (Å²) in [5.74, 6) is 0.320. The van der Waals surface area contributed by atoms with Crippen molar-refractivity contribution in [1.82, 2.24) is 15.2 Å². The average molecular weight is 388 g/mol. The highest BCUT2D eigenvalue weighted by molar-refractivity contribution is 5.94. The van der Waals surface area contributed by atoms with Crippen molar-refractivity contribution in [3.05, 3.63) is 87.9 Å². The van der Waals surface area contributed by atoms with E-state index in [4.69, 9.17) is 4.42 Å². The van der Waals surface area contributed by atoms with Crippen LogP contribution >= 0.6 is 0 Å². The van der Waals surface area contributed by atoms with Crippen LogP contribution in [0.4, 0.5) is 5.69 Å². The van der Waals surface area contributed by atoms with Crippen molar-refractivity contribution in [3.63, 3.8) is 0 Å². The minimum Gasteiger partial charge on any atom is -0.425 e. The minimum atomic E-state index is -0.347. The van der Waals surface area contributed by atoms with Gasteiger partial charge in [0, 0.05) is 24.6 Å². The molecule has 4 rings (SSSR count). The number of amides is 1. The van der Waals surface area contributed by atoms with Crippen molar-refractivity contribution in [3.8, 4) is 0 Å². The Bertz CT molecular complexity index is 1230. The number of pyridine rings is 1. The van der Waals surface area contributed by atoms with Gasteiger partial charge in [-0.05, 0) is 36.1 Å². The van der Waals surface area contributed by atoms with Gasteiger partial charge in [-0.15, -0.1) is 10.2 Å². The molecule has 4 aromatic rings. The maximum atomic E-state index is 12.8. The zero-order valence-electron chi connectivity index (χ0n) is 16.1. The lowest BCUT2D eigenvalue weighted by atomic mass is 9.95. The smallest absolute Gasteiger partial charge is 0.251 e. The van der Waals surface area contributed by atoms with Gasteiger partial charge < -0.3 is 14.7 Å². The third kappa shape index (κ3) is 4.08. The fourth-order valence-corrected chi connectivity index (χ4v) is 3.27. The molecule has 1 unspecified atom stereocenters. The molecular formula is C22H20N4O3. The van der Waals surface area contributed by atoms with Crippen molar-refractivity contribution in [2.45, 2.75) is 26.2 Å². The molecule has 0 aliphatic carbocycles. The summed E-state index contributed by atoms with van der Waals surface area (Å²) in [6.07, 6.45) is 0.147. The predicted octanol–water partition coefficient (Wildman–Crippen LogP) is 3.69. The first-order valence-electron chi connectivity index (χ1n) is 9.28. The summed E-state index contributed by atoms with van der Waals surface area (Å²) in [5, 5.41) is 11.8. The van der Waals surface area contributed by atoms with Gasteiger partial charge in [-0.2, -0.15) is 0 Å². The number of aromatic amines is 1. The second kappa shape index (κ2) is 7.71. The minimum absolute atomic E-state index is 0.142. The summed E-state index contributed by atoms with van der Waals surface area (Å²) in [6, 6.07) is 16.8. The van der Waals surface area contributed by atoms with Crippen LogP contribution in [-0.2, 0) is 4.79 Å². The van der Waals surface area contributed by atoms with Crippen LogP contribution in [0.3, 0.4) is 0 Å². The summed E-state index contributed by atoms with van der Waals surface area (Å²) in [5.41, 5.74) is 2.71. The lowest BCUT2D eigenvalue weighted by Crippen LogP contribution is -2.17. The normalized spacial score (nSPS) is 12.1. The molecular weight excluding hydrogens is 368 g/mol. The van der Waals surface area contributed by atoms with Crippen molar-refractivity contribution in [2.24, 2.45) is 0 Å². The summed E-state index contributed by atoms with van der Waals surface area (Å²) >= 11 is 0. The molecule has 29 heavy (non-hydrogen) atoms. The molecule has 1 amide bonds. The molecule has 2 heterocycles. The molecule has 0 fully saturated rings. The number of aromatic nitrogens is 3. The first-order chi connectivity index (χ1) is 14.0. The number of nitrogens with zero attached hydrogens (tertiary/aromatic N) is 2. The van der Waals surface area contributed by atoms with E-state index in [1.165, 1.54) is 0 Å². The third-order valence-corrected chi connectivity index (χ3v) is 4.75. The Labute approximate surface area is 166 Å². The number of rotatable bonds is 5. The highest BCUT2D eigenvalue weighted by atomic mass is 16.4. The predicted molar refractivity (Wildman–Crippen MR) is 110 cm³/mol. The van der Waals surface area contributed by atoms with Gasteiger partial charge >= 0.3 is 0 Å². The topological polar surface area (TPSA) is 101 Å². The summed E-state index contributed by atoms with van der Waals surface area (Å²) in [7, 11) is 0. The zero-order valence-corrected chi connectivity index (χ0v) is 16.1. The highest BCUT2D eigenvalue weighted by Crippen LogP contribution is 2.28. The Morgan fingerprint density at radius 3 is 2.62 bits per heavy atom. The van der Waals surface area contributed by atoms with Crippen LogP contribution in [0.15, 0.2) is 63.8 Å². The van der Waals surface area contributed by atoms with E-state index < -0.39 is 0 Å². The Kier molecular flexibility index (Phi) is 4.95. The molecule has 1 atom stereocenters. The van der Waals surface area contributed by atoms with Gasteiger partial charge in [0.05, 0.1) is 11.4 Å². The SMILES string of the molecule is Cc1nnc(C(CC(=O)Nc2ccc3cc(C)c(=O)[nH]c3c2)c2ccccc2)o1. The molecule has 0 saturated carbocycles. The van der Waals surface area contributed by atoms with Crippen molar-refractivity contribution < 1.29 is 9.21 Å². The maximum Gasteiger partial charge on any atom is 0.251 e. The van der Waals surface area contributed by atoms with E-state index in [0.717, 1.165) is 10.9 Å². The standard InChI is InChI=1S/C22H20N4O3/c1-13-10-16-8-9-17(11-19(16)24-21(13)28)23-20(27)12-18(15-6-4-3-5-7-15)22-26-25-14(2)29-22/h3-11,18H,12H2,1-2H3,(H,23,27)(H,24,28). The van der Waals surface area contributed by atoms with Crippen LogP contribution in [0, 0.1) is 13.8 Å². The second-order valence-corrected chi connectivity index (χ2v) is 6.96. The Morgan fingerprint density at radius 2 is 1.90 bits per heavy atom. The number of H-pyrrole nitrogens is 1. The first kappa shape index (κ1) is 18.6. The van der Waals surface area contributed by atoms with Gasteiger partial charge in [-0.3, -0.25) is 9.59 Å². The van der Waals surface area contributed by atoms with Crippen LogP contribution < -0.4 is 10.9 Å². The van der Waals surface area contributed by atoms with Crippen LogP contribution in [0.1, 0.15) is 35.2 Å². The van der Waals surface area contributed by atoms with Crippen LogP contribution in [0.25, 0.3) is 10.9 Å². The highest BCUT2D eigenvalue weighted by Gasteiger charge is 2.23. The van der Waals surface area contributed by atoms with E-state index in [1.807, 2.05) is 48.5 Å². The van der Waals surface area contributed by atoms with E-state index in [-0.39, 0.29) is 23.8 Å². The number of hydrogen-bond donors (Lipinski definition) is 2. The van der Waals surface area contributed by atoms with E-state index >= 15 is 0 Å². The van der Waals surface area contributed by atoms with E-state index in [2.05, 4.69) is 20.5 Å². The summed E-state index contributed by atoms with van der Waals surface area (Å²) in [4.78, 5) is 27.4. The fraction of sp³-hybridized carbons (Fsp3) is 0.182. The Morgan fingerprint density at radius 1 is 1.10 bits per heavy atom. The Hall–Kier alpha value is -3.74. The zero-order chi connectivity index (χ0) is 20.4. The molecule has 7 nitrogen and oxygen atoms in total. The lowest BCUT2D eigenvalue weighted by Gasteiger charge is -2.14. The molecule has 0 spiro atoms. The number of anilines is 1. The van der Waals surface area contributed by atoms with E-state index in [0.29, 0.717) is 28.5 Å². The number of carbonyl (C=O) groups excluding carboxylic acids is 1. The van der Waals surface area contributed by atoms with Crippen LogP contribution in [0.5, 0.6) is 0 Å². The quantitative estimate of drug-likeness (QED) is 0.543. The van der Waals surface area contributed by atoms with Gasteiger partial charge in [0.25, 0.3) is 5.56 Å². The molecule has 146 valence electrons. The molecule has 2 aromatic carbocycles. The summed E-state index contributed by atoms with van der Waals surface area (Å²) < 4.78 is 5.59. The van der Waals surface area contributed by atoms with E-state index in [9.17, 15) is 9.59 Å². The van der Waals surface area contributed by atoms with Gasteiger partial charge in [0.2, 0.25) is 17.7 Å². The molecule has 0 aliphatic rings.